The third-order valence-corrected chi connectivity index (χ3v) is 3.46. The third kappa shape index (κ3) is 2.05. The lowest BCUT2D eigenvalue weighted by Gasteiger charge is -2.23. The molecule has 2 fully saturated rings. The number of halogens is 1. The second-order valence-corrected chi connectivity index (χ2v) is 4.59. The Morgan fingerprint density at radius 2 is 2.18 bits per heavy atom. The predicted molar refractivity (Wildman–Crippen MR) is 59.7 cm³/mol. The van der Waals surface area contributed by atoms with Gasteiger partial charge in [0.25, 0.3) is 0 Å². The summed E-state index contributed by atoms with van der Waals surface area (Å²) in [7, 11) is 0. The zero-order valence-corrected chi connectivity index (χ0v) is 9.43. The lowest BCUT2D eigenvalue weighted by Crippen LogP contribution is -2.36. The molecule has 2 aliphatic heterocycles. The van der Waals surface area contributed by atoms with Gasteiger partial charge in [0.15, 0.2) is 0 Å². The fraction of sp³-hybridized carbons (Fsp3) is 0.462. The van der Waals surface area contributed by atoms with Crippen molar-refractivity contribution in [2.45, 2.75) is 31.5 Å². The van der Waals surface area contributed by atoms with Gasteiger partial charge in [0.2, 0.25) is 5.91 Å². The summed E-state index contributed by atoms with van der Waals surface area (Å²) in [6.07, 6.45) is 1.56. The first-order chi connectivity index (χ1) is 8.25. The van der Waals surface area contributed by atoms with Gasteiger partial charge in [-0.1, -0.05) is 18.2 Å². The molecule has 4 heteroatoms. The average molecular weight is 235 g/mol. The van der Waals surface area contributed by atoms with E-state index in [1.54, 1.807) is 23.1 Å². The highest BCUT2D eigenvalue weighted by molar-refractivity contribution is 5.79. The highest BCUT2D eigenvalue weighted by atomic mass is 19.1. The number of benzene rings is 1. The summed E-state index contributed by atoms with van der Waals surface area (Å²) < 4.78 is 18.8. The van der Waals surface area contributed by atoms with E-state index in [0.717, 1.165) is 13.0 Å². The monoisotopic (exact) mass is 235 g/mol. The number of ether oxygens (including phenoxy) is 1. The Morgan fingerprint density at radius 3 is 2.88 bits per heavy atom. The number of likely N-dealkylation sites (tertiary alicyclic amines) is 1. The van der Waals surface area contributed by atoms with Crippen molar-refractivity contribution in [3.8, 4) is 0 Å². The maximum Gasteiger partial charge on any atom is 0.223 e. The second kappa shape index (κ2) is 4.11. The van der Waals surface area contributed by atoms with Crippen LogP contribution in [0.1, 0.15) is 18.4 Å². The minimum atomic E-state index is -0.248. The number of nitrogens with zero attached hydrogens (tertiary/aromatic N) is 1. The van der Waals surface area contributed by atoms with Gasteiger partial charge < -0.3 is 9.64 Å². The fourth-order valence-corrected chi connectivity index (χ4v) is 2.44. The topological polar surface area (TPSA) is 32.8 Å². The molecule has 2 heterocycles. The van der Waals surface area contributed by atoms with E-state index >= 15 is 0 Å². The molecule has 0 radical (unpaired) electrons. The summed E-state index contributed by atoms with van der Waals surface area (Å²) in [5.74, 6) is -0.142. The Hall–Kier alpha value is -1.42. The first-order valence-electron chi connectivity index (χ1n) is 5.90. The van der Waals surface area contributed by atoms with E-state index in [1.165, 1.54) is 6.07 Å². The third-order valence-electron chi connectivity index (χ3n) is 3.46. The Kier molecular flexibility index (Phi) is 2.59. The van der Waals surface area contributed by atoms with Crippen LogP contribution in [0, 0.1) is 5.82 Å². The molecular formula is C13H14FNO2. The van der Waals surface area contributed by atoms with Crippen LogP contribution in [-0.4, -0.2) is 29.6 Å². The van der Waals surface area contributed by atoms with Gasteiger partial charge in [-0.15, -0.1) is 0 Å². The van der Waals surface area contributed by atoms with Gasteiger partial charge >= 0.3 is 0 Å². The van der Waals surface area contributed by atoms with E-state index in [1.807, 2.05) is 0 Å². The number of hydrogen-bond acceptors (Lipinski definition) is 2. The largest absolute Gasteiger partial charge is 0.371 e. The Morgan fingerprint density at radius 1 is 1.41 bits per heavy atom. The van der Waals surface area contributed by atoms with E-state index < -0.39 is 0 Å². The van der Waals surface area contributed by atoms with Crippen LogP contribution >= 0.6 is 0 Å². The summed E-state index contributed by atoms with van der Waals surface area (Å²) >= 11 is 0. The van der Waals surface area contributed by atoms with Gasteiger partial charge in [0.1, 0.15) is 11.9 Å². The minimum Gasteiger partial charge on any atom is -0.371 e. The highest BCUT2D eigenvalue weighted by Crippen LogP contribution is 2.30. The van der Waals surface area contributed by atoms with Crippen molar-refractivity contribution in [1.29, 1.82) is 0 Å². The molecule has 2 saturated heterocycles. The van der Waals surface area contributed by atoms with Crippen LogP contribution in [0.3, 0.4) is 0 Å². The number of carbonyl (C=O) groups is 1. The lowest BCUT2D eigenvalue weighted by atomic mass is 10.1. The maximum absolute atomic E-state index is 13.5. The summed E-state index contributed by atoms with van der Waals surface area (Å²) in [5, 5.41) is 0. The number of epoxide rings is 1. The summed E-state index contributed by atoms with van der Waals surface area (Å²) in [4.78, 5) is 13.5. The Bertz CT molecular complexity index is 445. The van der Waals surface area contributed by atoms with E-state index in [2.05, 4.69) is 0 Å². The molecule has 1 unspecified atom stereocenters. The van der Waals surface area contributed by atoms with Crippen molar-refractivity contribution in [1.82, 2.24) is 4.90 Å². The van der Waals surface area contributed by atoms with E-state index in [0.29, 0.717) is 18.5 Å². The zero-order chi connectivity index (χ0) is 11.8. The maximum atomic E-state index is 13.5. The van der Waals surface area contributed by atoms with Gasteiger partial charge in [-0.2, -0.15) is 0 Å². The smallest absolute Gasteiger partial charge is 0.223 e. The van der Waals surface area contributed by atoms with Gasteiger partial charge in [0.05, 0.1) is 12.6 Å². The van der Waals surface area contributed by atoms with Crippen molar-refractivity contribution in [3.05, 3.63) is 35.6 Å². The normalized spacial score (nSPS) is 27.6. The molecule has 0 bridgehead atoms. The average Bonchev–Trinajstić information content (AvgIpc) is 3.09. The number of rotatable bonds is 3. The summed E-state index contributed by atoms with van der Waals surface area (Å²) in [6, 6.07) is 6.75. The SMILES string of the molecule is O=C1CC[C@H](C2CO2)N1Cc1ccccc1F. The van der Waals surface area contributed by atoms with Gasteiger partial charge in [0, 0.05) is 18.5 Å². The van der Waals surface area contributed by atoms with E-state index in [9.17, 15) is 9.18 Å². The summed E-state index contributed by atoms with van der Waals surface area (Å²) in [6.45, 7) is 1.09. The molecule has 2 aliphatic rings. The van der Waals surface area contributed by atoms with Crippen LogP contribution < -0.4 is 0 Å². The van der Waals surface area contributed by atoms with Crippen molar-refractivity contribution in [2.75, 3.05) is 6.61 Å². The minimum absolute atomic E-state index is 0.105. The molecule has 0 spiro atoms. The van der Waals surface area contributed by atoms with Crippen molar-refractivity contribution >= 4 is 5.91 Å². The van der Waals surface area contributed by atoms with Crippen molar-refractivity contribution in [3.63, 3.8) is 0 Å². The van der Waals surface area contributed by atoms with Gasteiger partial charge in [-0.05, 0) is 12.5 Å². The van der Waals surface area contributed by atoms with Crippen LogP contribution in [0.4, 0.5) is 4.39 Å². The highest BCUT2D eigenvalue weighted by Gasteiger charge is 2.42. The van der Waals surface area contributed by atoms with Gasteiger partial charge in [-0.25, -0.2) is 4.39 Å². The van der Waals surface area contributed by atoms with Crippen LogP contribution in [-0.2, 0) is 16.1 Å². The standard InChI is InChI=1S/C13H14FNO2/c14-10-4-2-1-3-9(10)7-15-11(12-8-17-12)5-6-13(15)16/h1-4,11-12H,5-8H2/t11-,12?/m1/s1. The Labute approximate surface area is 99.2 Å². The molecule has 1 aromatic carbocycles. The van der Waals surface area contributed by atoms with Crippen LogP contribution in [0.5, 0.6) is 0 Å². The first-order valence-corrected chi connectivity index (χ1v) is 5.90. The Balaban J connectivity index is 1.78. The molecule has 1 amide bonds. The quantitative estimate of drug-likeness (QED) is 0.747. The number of carbonyl (C=O) groups excluding carboxylic acids is 1. The molecule has 2 atom stereocenters. The van der Waals surface area contributed by atoms with E-state index in [-0.39, 0.29) is 23.9 Å². The molecule has 0 aromatic heterocycles. The first kappa shape index (κ1) is 10.7. The fourth-order valence-electron chi connectivity index (χ4n) is 2.44. The molecule has 1 aromatic rings. The molecule has 0 N–H and O–H groups in total. The van der Waals surface area contributed by atoms with Crippen LogP contribution in [0.15, 0.2) is 24.3 Å². The van der Waals surface area contributed by atoms with Crippen LogP contribution in [0.25, 0.3) is 0 Å². The molecular weight excluding hydrogens is 221 g/mol. The van der Waals surface area contributed by atoms with E-state index in [4.69, 9.17) is 4.74 Å². The molecule has 0 aliphatic carbocycles. The number of hydrogen-bond donors (Lipinski definition) is 0. The number of amides is 1. The summed E-state index contributed by atoms with van der Waals surface area (Å²) in [5.41, 5.74) is 0.577. The second-order valence-electron chi connectivity index (χ2n) is 4.59. The molecule has 3 nitrogen and oxygen atoms in total. The molecule has 0 saturated carbocycles. The predicted octanol–water partition coefficient (Wildman–Crippen LogP) is 1.72. The van der Waals surface area contributed by atoms with Crippen LogP contribution in [0.2, 0.25) is 0 Å². The molecule has 90 valence electrons. The van der Waals surface area contributed by atoms with Crippen molar-refractivity contribution in [2.24, 2.45) is 0 Å². The lowest BCUT2D eigenvalue weighted by molar-refractivity contribution is -0.129. The van der Waals surface area contributed by atoms with Crippen molar-refractivity contribution < 1.29 is 13.9 Å². The molecule has 17 heavy (non-hydrogen) atoms. The zero-order valence-electron chi connectivity index (χ0n) is 9.43. The molecule has 3 rings (SSSR count). The van der Waals surface area contributed by atoms with Gasteiger partial charge in [-0.3, -0.25) is 4.79 Å².